The smallest absolute Gasteiger partial charge is 0.408 e. The summed E-state index contributed by atoms with van der Waals surface area (Å²) in [6, 6.07) is 4.95. The maximum atomic E-state index is 12.0. The van der Waals surface area contributed by atoms with E-state index in [1.54, 1.807) is 18.2 Å². The fraction of sp³-hybridized carbons (Fsp3) is 0.300. The Bertz CT molecular complexity index is 530. The maximum absolute atomic E-state index is 12.0. The summed E-state index contributed by atoms with van der Waals surface area (Å²) in [6.45, 7) is -0.146. The molecule has 0 saturated heterocycles. The van der Waals surface area contributed by atoms with Crippen molar-refractivity contribution in [3.8, 4) is 0 Å². The third-order valence-electron chi connectivity index (χ3n) is 2.21. The monoisotopic (exact) mass is 210 g/mol. The van der Waals surface area contributed by atoms with Gasteiger partial charge in [-0.15, -0.1) is 0 Å². The summed E-state index contributed by atoms with van der Waals surface area (Å²) in [5.74, 6) is -0.468. The number of oxazole rings is 1. The van der Waals surface area contributed by atoms with Gasteiger partial charge < -0.3 is 10.2 Å². The van der Waals surface area contributed by atoms with Crippen LogP contribution in [0.15, 0.2) is 27.4 Å². The number of rotatable bonds is 3. The second-order valence-electron chi connectivity index (χ2n) is 3.29. The summed E-state index contributed by atoms with van der Waals surface area (Å²) in [5, 5.41) is 0. The number of benzene rings is 1. The Labute approximate surface area is 85.1 Å². The van der Waals surface area contributed by atoms with Crippen LogP contribution in [-0.4, -0.2) is 11.2 Å². The number of halogens is 1. The molecule has 2 N–H and O–H groups in total. The Morgan fingerprint density at radius 2 is 2.27 bits per heavy atom. The molecule has 0 fully saturated rings. The van der Waals surface area contributed by atoms with Crippen molar-refractivity contribution in [2.75, 3.05) is 12.4 Å². The molecule has 0 saturated carbocycles. The number of fused-ring (bicyclic) bond motifs is 1. The minimum atomic E-state index is -0.468. The molecule has 0 radical (unpaired) electrons. The van der Waals surface area contributed by atoms with Crippen LogP contribution >= 0.6 is 0 Å². The van der Waals surface area contributed by atoms with E-state index in [1.165, 1.54) is 4.57 Å². The van der Waals surface area contributed by atoms with Gasteiger partial charge in [-0.05, 0) is 24.6 Å². The van der Waals surface area contributed by atoms with Crippen molar-refractivity contribution in [2.24, 2.45) is 0 Å². The maximum Gasteiger partial charge on any atom is 0.419 e. The number of aromatic nitrogens is 1. The largest absolute Gasteiger partial charge is 0.419 e. The lowest BCUT2D eigenvalue weighted by Gasteiger charge is -1.99. The Balaban J connectivity index is 2.55. The Hall–Kier alpha value is -1.78. The first-order chi connectivity index (χ1) is 7.22. The minimum absolute atomic E-state index is 0.295. The quantitative estimate of drug-likeness (QED) is 0.781. The topological polar surface area (TPSA) is 61.2 Å². The van der Waals surface area contributed by atoms with Gasteiger partial charge in [-0.1, -0.05) is 0 Å². The van der Waals surface area contributed by atoms with Crippen LogP contribution in [0.5, 0.6) is 0 Å². The molecule has 2 aromatic rings. The molecule has 15 heavy (non-hydrogen) atoms. The number of alkyl halides is 1. The van der Waals surface area contributed by atoms with Crippen LogP contribution in [0, 0.1) is 0 Å². The molecule has 1 aromatic heterocycles. The molecule has 1 heterocycles. The van der Waals surface area contributed by atoms with E-state index < -0.39 is 12.4 Å². The van der Waals surface area contributed by atoms with Crippen LogP contribution < -0.4 is 11.5 Å². The van der Waals surface area contributed by atoms with Crippen molar-refractivity contribution < 1.29 is 8.81 Å². The number of anilines is 1. The average Bonchev–Trinajstić information content (AvgIpc) is 2.51. The van der Waals surface area contributed by atoms with Crippen molar-refractivity contribution >= 4 is 16.8 Å². The van der Waals surface area contributed by atoms with Gasteiger partial charge in [-0.25, -0.2) is 4.79 Å². The van der Waals surface area contributed by atoms with E-state index in [1.807, 2.05) is 0 Å². The highest BCUT2D eigenvalue weighted by atomic mass is 19.1. The van der Waals surface area contributed by atoms with Gasteiger partial charge in [0, 0.05) is 12.2 Å². The van der Waals surface area contributed by atoms with Crippen LogP contribution in [0.3, 0.4) is 0 Å². The van der Waals surface area contributed by atoms with Crippen LogP contribution in [-0.2, 0) is 6.54 Å². The van der Waals surface area contributed by atoms with Crippen LogP contribution in [0.1, 0.15) is 6.42 Å². The van der Waals surface area contributed by atoms with E-state index in [0.29, 0.717) is 29.8 Å². The van der Waals surface area contributed by atoms with Crippen molar-refractivity contribution in [1.29, 1.82) is 0 Å². The number of hydrogen-bond acceptors (Lipinski definition) is 3. The van der Waals surface area contributed by atoms with Crippen molar-refractivity contribution in [2.45, 2.75) is 13.0 Å². The van der Waals surface area contributed by atoms with Crippen molar-refractivity contribution in [3.63, 3.8) is 0 Å². The normalized spacial score (nSPS) is 11.0. The molecule has 0 aliphatic heterocycles. The summed E-state index contributed by atoms with van der Waals surface area (Å²) < 4.78 is 18.4. The molecule has 0 amide bonds. The molecule has 0 unspecified atom stereocenters. The molecule has 0 aliphatic rings. The molecule has 0 atom stereocenters. The number of nitrogens with two attached hydrogens (primary N) is 1. The second-order valence-corrected chi connectivity index (χ2v) is 3.29. The van der Waals surface area contributed by atoms with Crippen LogP contribution in [0.2, 0.25) is 0 Å². The van der Waals surface area contributed by atoms with Gasteiger partial charge in [0.25, 0.3) is 0 Å². The van der Waals surface area contributed by atoms with E-state index in [2.05, 4.69) is 0 Å². The molecule has 4 nitrogen and oxygen atoms in total. The summed E-state index contributed by atoms with van der Waals surface area (Å²) in [7, 11) is 0. The molecule has 80 valence electrons. The van der Waals surface area contributed by atoms with E-state index in [4.69, 9.17) is 10.2 Å². The van der Waals surface area contributed by atoms with Gasteiger partial charge in [0.2, 0.25) is 0 Å². The predicted octanol–water partition coefficient (Wildman–Crippen LogP) is 1.54. The van der Waals surface area contributed by atoms with Gasteiger partial charge in [-0.3, -0.25) is 8.96 Å². The lowest BCUT2D eigenvalue weighted by molar-refractivity contribution is 0.431. The zero-order valence-electron chi connectivity index (χ0n) is 8.07. The highest BCUT2D eigenvalue weighted by molar-refractivity contribution is 5.76. The number of nitrogens with zero attached hydrogens (tertiary/aromatic N) is 1. The first kappa shape index (κ1) is 9.76. The standard InChI is InChI=1S/C10H11FN2O2/c11-4-1-5-13-8-6-7(12)2-3-9(8)15-10(13)14/h2-3,6H,1,4-5,12H2. The molecule has 1 aromatic carbocycles. The lowest BCUT2D eigenvalue weighted by atomic mass is 10.3. The summed E-state index contributed by atoms with van der Waals surface area (Å²) in [5.41, 5.74) is 7.25. The van der Waals surface area contributed by atoms with Gasteiger partial charge in [0.1, 0.15) is 0 Å². The van der Waals surface area contributed by atoms with E-state index in [-0.39, 0.29) is 0 Å². The van der Waals surface area contributed by atoms with Crippen molar-refractivity contribution in [3.05, 3.63) is 28.7 Å². The van der Waals surface area contributed by atoms with E-state index in [9.17, 15) is 9.18 Å². The van der Waals surface area contributed by atoms with Gasteiger partial charge in [0.15, 0.2) is 5.58 Å². The molecule has 0 aliphatic carbocycles. The van der Waals surface area contributed by atoms with Crippen LogP contribution in [0.25, 0.3) is 11.1 Å². The Morgan fingerprint density at radius 3 is 3.00 bits per heavy atom. The third-order valence-corrected chi connectivity index (χ3v) is 2.21. The fourth-order valence-electron chi connectivity index (χ4n) is 1.51. The zero-order chi connectivity index (χ0) is 10.8. The summed E-state index contributed by atoms with van der Waals surface area (Å²) >= 11 is 0. The summed E-state index contributed by atoms with van der Waals surface area (Å²) in [4.78, 5) is 11.4. The predicted molar refractivity (Wildman–Crippen MR) is 55.5 cm³/mol. The Kier molecular flexibility index (Phi) is 2.45. The van der Waals surface area contributed by atoms with E-state index >= 15 is 0 Å². The molecule has 0 bridgehead atoms. The highest BCUT2D eigenvalue weighted by Gasteiger charge is 2.08. The van der Waals surface area contributed by atoms with Crippen molar-refractivity contribution in [1.82, 2.24) is 4.57 Å². The zero-order valence-corrected chi connectivity index (χ0v) is 8.07. The lowest BCUT2D eigenvalue weighted by Crippen LogP contribution is -2.14. The van der Waals surface area contributed by atoms with Gasteiger partial charge in [-0.2, -0.15) is 0 Å². The van der Waals surface area contributed by atoms with Gasteiger partial charge in [0.05, 0.1) is 12.2 Å². The molecular formula is C10H11FN2O2. The van der Waals surface area contributed by atoms with Crippen LogP contribution in [0.4, 0.5) is 10.1 Å². The Morgan fingerprint density at radius 1 is 1.47 bits per heavy atom. The first-order valence-corrected chi connectivity index (χ1v) is 4.67. The SMILES string of the molecule is Nc1ccc2oc(=O)n(CCCF)c2c1. The molecule has 5 heteroatoms. The number of hydrogen-bond donors (Lipinski definition) is 1. The van der Waals surface area contributed by atoms with Gasteiger partial charge >= 0.3 is 5.76 Å². The fourth-order valence-corrected chi connectivity index (χ4v) is 1.51. The first-order valence-electron chi connectivity index (χ1n) is 4.67. The summed E-state index contributed by atoms with van der Waals surface area (Å²) in [6.07, 6.45) is 0.295. The third kappa shape index (κ3) is 1.72. The number of nitrogen functional groups attached to an aromatic ring is 1. The second kappa shape index (κ2) is 3.76. The molecule has 0 spiro atoms. The average molecular weight is 210 g/mol. The molecule has 2 rings (SSSR count). The molecular weight excluding hydrogens is 199 g/mol. The highest BCUT2D eigenvalue weighted by Crippen LogP contribution is 2.16. The number of aryl methyl sites for hydroxylation is 1. The minimum Gasteiger partial charge on any atom is -0.408 e. The van der Waals surface area contributed by atoms with E-state index in [0.717, 1.165) is 0 Å².